The van der Waals surface area contributed by atoms with Gasteiger partial charge in [0.15, 0.2) is 0 Å². The second-order valence-electron chi connectivity index (χ2n) is 5.27. The number of hydrogen-bond donors (Lipinski definition) is 1. The highest BCUT2D eigenvalue weighted by molar-refractivity contribution is 5.96. The van der Waals surface area contributed by atoms with Gasteiger partial charge in [-0.1, -0.05) is 31.5 Å². The predicted octanol–water partition coefficient (Wildman–Crippen LogP) is 2.70. The van der Waals surface area contributed by atoms with Crippen LogP contribution >= 0.6 is 0 Å². The number of aryl methyl sites for hydroxylation is 1. The fourth-order valence-corrected chi connectivity index (χ4v) is 1.87. The van der Waals surface area contributed by atoms with E-state index in [9.17, 15) is 9.59 Å². The van der Waals surface area contributed by atoms with Crippen LogP contribution in [0.3, 0.4) is 0 Å². The second-order valence-corrected chi connectivity index (χ2v) is 5.27. The van der Waals surface area contributed by atoms with Crippen LogP contribution in [0.15, 0.2) is 24.3 Å². The van der Waals surface area contributed by atoms with Gasteiger partial charge in [0.2, 0.25) is 0 Å². The summed E-state index contributed by atoms with van der Waals surface area (Å²) in [5.41, 5.74) is 1.64. The predicted molar refractivity (Wildman–Crippen MR) is 78.5 cm³/mol. The molecule has 0 aromatic heterocycles. The summed E-state index contributed by atoms with van der Waals surface area (Å²) in [7, 11) is 0. The van der Waals surface area contributed by atoms with Crippen molar-refractivity contribution in [2.24, 2.45) is 5.92 Å². The molecular weight excluding hydrogens is 254 g/mol. The first kappa shape index (κ1) is 16.2. The first-order valence-corrected chi connectivity index (χ1v) is 6.98. The van der Waals surface area contributed by atoms with Crippen LogP contribution in [-0.2, 0) is 9.53 Å². The molecule has 4 heteroatoms. The summed E-state index contributed by atoms with van der Waals surface area (Å²) in [5.74, 6) is -0.326. The van der Waals surface area contributed by atoms with E-state index in [0.717, 1.165) is 5.56 Å². The molecule has 1 N–H and O–H groups in total. The van der Waals surface area contributed by atoms with Crippen molar-refractivity contribution in [2.45, 2.75) is 40.2 Å². The smallest absolute Gasteiger partial charge is 0.328 e. The van der Waals surface area contributed by atoms with Crippen molar-refractivity contribution >= 4 is 11.9 Å². The molecule has 1 aromatic rings. The minimum absolute atomic E-state index is 0.247. The first-order chi connectivity index (χ1) is 9.43. The summed E-state index contributed by atoms with van der Waals surface area (Å²) in [6.45, 7) is 8.04. The van der Waals surface area contributed by atoms with Crippen molar-refractivity contribution in [3.63, 3.8) is 0 Å². The van der Waals surface area contributed by atoms with Gasteiger partial charge < -0.3 is 10.1 Å². The Hall–Kier alpha value is -1.84. The van der Waals surface area contributed by atoms with Crippen LogP contribution in [0.5, 0.6) is 0 Å². The number of carbonyl (C=O) groups is 2. The van der Waals surface area contributed by atoms with Crippen molar-refractivity contribution in [3.05, 3.63) is 35.4 Å². The van der Waals surface area contributed by atoms with E-state index in [1.165, 1.54) is 0 Å². The molecule has 0 heterocycles. The third-order valence-corrected chi connectivity index (χ3v) is 2.90. The molecule has 0 fully saturated rings. The normalized spacial score (nSPS) is 12.1. The van der Waals surface area contributed by atoms with E-state index in [1.807, 2.05) is 32.9 Å². The average molecular weight is 277 g/mol. The summed E-state index contributed by atoms with van der Waals surface area (Å²) in [4.78, 5) is 24.0. The minimum Gasteiger partial charge on any atom is -0.464 e. The number of benzene rings is 1. The van der Waals surface area contributed by atoms with E-state index in [1.54, 1.807) is 19.1 Å². The molecule has 0 bridgehead atoms. The van der Waals surface area contributed by atoms with Crippen LogP contribution < -0.4 is 5.32 Å². The molecule has 4 nitrogen and oxygen atoms in total. The number of rotatable bonds is 6. The number of hydrogen-bond acceptors (Lipinski definition) is 3. The summed E-state index contributed by atoms with van der Waals surface area (Å²) in [6.07, 6.45) is 0.566. The molecule has 0 saturated heterocycles. The second kappa shape index (κ2) is 7.68. The number of ether oxygens (including phenoxy) is 1. The van der Waals surface area contributed by atoms with Gasteiger partial charge in [0, 0.05) is 5.56 Å². The Morgan fingerprint density at radius 1 is 1.20 bits per heavy atom. The van der Waals surface area contributed by atoms with Gasteiger partial charge in [-0.25, -0.2) is 4.79 Å². The number of amides is 1. The summed E-state index contributed by atoms with van der Waals surface area (Å²) in [6, 6.07) is 6.65. The Morgan fingerprint density at radius 2 is 1.80 bits per heavy atom. The van der Waals surface area contributed by atoms with E-state index >= 15 is 0 Å². The molecule has 1 aromatic carbocycles. The average Bonchev–Trinajstić information content (AvgIpc) is 2.38. The zero-order valence-electron chi connectivity index (χ0n) is 12.6. The summed E-state index contributed by atoms with van der Waals surface area (Å²) >= 11 is 0. The van der Waals surface area contributed by atoms with Crippen LogP contribution in [0.4, 0.5) is 0 Å². The maximum Gasteiger partial charge on any atom is 0.328 e. The van der Waals surface area contributed by atoms with Crippen LogP contribution in [-0.4, -0.2) is 24.5 Å². The molecule has 0 spiro atoms. The zero-order chi connectivity index (χ0) is 15.1. The number of carbonyl (C=O) groups excluding carboxylic acids is 2. The number of nitrogens with one attached hydrogen (secondary N) is 1. The molecule has 1 amide bonds. The Bertz CT molecular complexity index is 451. The molecule has 0 unspecified atom stereocenters. The molecule has 1 rings (SSSR count). The van der Waals surface area contributed by atoms with Gasteiger partial charge in [-0.15, -0.1) is 0 Å². The lowest BCUT2D eigenvalue weighted by Gasteiger charge is -2.19. The molecule has 0 saturated carbocycles. The highest BCUT2D eigenvalue weighted by Crippen LogP contribution is 2.09. The van der Waals surface area contributed by atoms with Crippen LogP contribution in [0.1, 0.15) is 43.1 Å². The quantitative estimate of drug-likeness (QED) is 0.813. The zero-order valence-corrected chi connectivity index (χ0v) is 12.6. The minimum atomic E-state index is -0.594. The van der Waals surface area contributed by atoms with Crippen LogP contribution in [0.25, 0.3) is 0 Å². The van der Waals surface area contributed by atoms with Crippen LogP contribution in [0, 0.1) is 12.8 Å². The standard InChI is InChI=1S/C16H23NO3/c1-5-20-16(19)14(10-11(2)3)17-15(18)13-8-6-12(4)7-9-13/h6-9,11,14H,5,10H2,1-4H3,(H,17,18)/t14-/m1/s1. The van der Waals surface area contributed by atoms with E-state index in [2.05, 4.69) is 5.32 Å². The highest BCUT2D eigenvalue weighted by atomic mass is 16.5. The van der Waals surface area contributed by atoms with Gasteiger partial charge in [0.05, 0.1) is 6.61 Å². The Kier molecular flexibility index (Phi) is 6.22. The van der Waals surface area contributed by atoms with E-state index < -0.39 is 6.04 Å². The maximum atomic E-state index is 12.1. The van der Waals surface area contributed by atoms with Gasteiger partial charge in [-0.05, 0) is 38.3 Å². The van der Waals surface area contributed by atoms with Gasteiger partial charge in [0.1, 0.15) is 6.04 Å². The monoisotopic (exact) mass is 277 g/mol. The Labute approximate surface area is 120 Å². The van der Waals surface area contributed by atoms with Crippen LogP contribution in [0.2, 0.25) is 0 Å². The molecule has 0 aliphatic heterocycles. The molecule has 1 atom stereocenters. The molecule has 20 heavy (non-hydrogen) atoms. The van der Waals surface area contributed by atoms with E-state index in [0.29, 0.717) is 24.5 Å². The lowest BCUT2D eigenvalue weighted by Crippen LogP contribution is -2.42. The Morgan fingerprint density at radius 3 is 2.30 bits per heavy atom. The molecular formula is C16H23NO3. The van der Waals surface area contributed by atoms with Gasteiger partial charge in [0.25, 0.3) is 5.91 Å². The lowest BCUT2D eigenvalue weighted by molar-refractivity contribution is -0.145. The van der Waals surface area contributed by atoms with Crippen molar-refractivity contribution in [1.82, 2.24) is 5.32 Å². The molecule has 0 aliphatic rings. The fraction of sp³-hybridized carbons (Fsp3) is 0.500. The van der Waals surface area contributed by atoms with Crippen molar-refractivity contribution in [1.29, 1.82) is 0 Å². The summed E-state index contributed by atoms with van der Waals surface area (Å²) < 4.78 is 5.01. The third-order valence-electron chi connectivity index (χ3n) is 2.90. The fourth-order valence-electron chi connectivity index (χ4n) is 1.87. The first-order valence-electron chi connectivity index (χ1n) is 6.98. The van der Waals surface area contributed by atoms with Gasteiger partial charge in [-0.2, -0.15) is 0 Å². The molecule has 0 aliphatic carbocycles. The SMILES string of the molecule is CCOC(=O)[C@@H](CC(C)C)NC(=O)c1ccc(C)cc1. The largest absolute Gasteiger partial charge is 0.464 e. The van der Waals surface area contributed by atoms with E-state index in [4.69, 9.17) is 4.74 Å². The van der Waals surface area contributed by atoms with E-state index in [-0.39, 0.29) is 11.9 Å². The van der Waals surface area contributed by atoms with Crippen molar-refractivity contribution < 1.29 is 14.3 Å². The van der Waals surface area contributed by atoms with Gasteiger partial charge in [-0.3, -0.25) is 4.79 Å². The third kappa shape index (κ3) is 5.03. The maximum absolute atomic E-state index is 12.1. The van der Waals surface area contributed by atoms with Crippen molar-refractivity contribution in [3.8, 4) is 0 Å². The van der Waals surface area contributed by atoms with Crippen molar-refractivity contribution in [2.75, 3.05) is 6.61 Å². The van der Waals surface area contributed by atoms with Gasteiger partial charge >= 0.3 is 5.97 Å². The lowest BCUT2D eigenvalue weighted by atomic mass is 10.0. The topological polar surface area (TPSA) is 55.4 Å². The Balaban J connectivity index is 2.75. The number of esters is 1. The molecule has 0 radical (unpaired) electrons. The molecule has 110 valence electrons. The summed E-state index contributed by atoms with van der Waals surface area (Å²) in [5, 5.41) is 2.76. The highest BCUT2D eigenvalue weighted by Gasteiger charge is 2.23.